The maximum atomic E-state index is 13.6. The minimum atomic E-state index is -3.79. The fourth-order valence-electron chi connectivity index (χ4n) is 1.51. The fraction of sp³-hybridized carbons (Fsp3) is 0.0909. The predicted molar refractivity (Wildman–Crippen MR) is 65.9 cm³/mol. The molecule has 20 heavy (non-hydrogen) atoms. The van der Waals surface area contributed by atoms with Crippen LogP contribution < -0.4 is 4.72 Å². The molecule has 2 aromatic rings. The molecule has 1 aromatic carbocycles. The number of halogens is 2. The van der Waals surface area contributed by atoms with Crippen LogP contribution in [-0.2, 0) is 10.0 Å². The van der Waals surface area contributed by atoms with Crippen molar-refractivity contribution in [1.29, 1.82) is 0 Å². The van der Waals surface area contributed by atoms with Crippen molar-refractivity contribution in [3.05, 3.63) is 29.8 Å². The largest absolute Gasteiger partial charge is 0.502 e. The molecule has 0 spiro atoms. The molecule has 0 saturated heterocycles. The van der Waals surface area contributed by atoms with Crippen molar-refractivity contribution in [1.82, 2.24) is 0 Å². The lowest BCUT2D eigenvalue weighted by atomic mass is 10.1. The van der Waals surface area contributed by atoms with Gasteiger partial charge in [-0.1, -0.05) is 0 Å². The summed E-state index contributed by atoms with van der Waals surface area (Å²) in [4.78, 5) is 0. The maximum absolute atomic E-state index is 13.6. The van der Waals surface area contributed by atoms with E-state index in [0.717, 1.165) is 24.5 Å². The van der Waals surface area contributed by atoms with Gasteiger partial charge in [-0.05, 0) is 18.2 Å². The summed E-state index contributed by atoms with van der Waals surface area (Å²) in [5.41, 5.74) is -0.459. The molecule has 6 nitrogen and oxygen atoms in total. The first kappa shape index (κ1) is 14.1. The standard InChI is InChI=1S/C11H9F2NO5S/c1-20(17,18)14-11-9(16)8(15)10(19-11)6-4-5(12)2-3-7(6)13/h2-4,14-16H,1H3. The van der Waals surface area contributed by atoms with Crippen molar-refractivity contribution in [2.24, 2.45) is 0 Å². The summed E-state index contributed by atoms with van der Waals surface area (Å²) < 4.78 is 55.3. The topological polar surface area (TPSA) is 99.8 Å². The molecular weight excluding hydrogens is 296 g/mol. The summed E-state index contributed by atoms with van der Waals surface area (Å²) in [5, 5.41) is 19.1. The number of nitrogens with one attached hydrogen (secondary N) is 1. The van der Waals surface area contributed by atoms with E-state index in [0.29, 0.717) is 0 Å². The Morgan fingerprint density at radius 2 is 1.85 bits per heavy atom. The molecule has 0 saturated carbocycles. The molecule has 0 unspecified atom stereocenters. The first-order valence-corrected chi connectivity index (χ1v) is 7.06. The van der Waals surface area contributed by atoms with E-state index in [1.54, 1.807) is 4.72 Å². The van der Waals surface area contributed by atoms with Gasteiger partial charge < -0.3 is 14.6 Å². The zero-order chi connectivity index (χ0) is 15.1. The Balaban J connectivity index is 2.59. The molecule has 9 heteroatoms. The van der Waals surface area contributed by atoms with Crippen LogP contribution in [0.25, 0.3) is 11.3 Å². The van der Waals surface area contributed by atoms with E-state index in [1.807, 2.05) is 0 Å². The Morgan fingerprint density at radius 1 is 1.20 bits per heavy atom. The molecule has 108 valence electrons. The molecule has 0 radical (unpaired) electrons. The smallest absolute Gasteiger partial charge is 0.253 e. The highest BCUT2D eigenvalue weighted by Gasteiger charge is 2.24. The summed E-state index contributed by atoms with van der Waals surface area (Å²) in [7, 11) is -3.79. The zero-order valence-corrected chi connectivity index (χ0v) is 10.8. The highest BCUT2D eigenvalue weighted by molar-refractivity contribution is 7.92. The summed E-state index contributed by atoms with van der Waals surface area (Å²) >= 11 is 0. The van der Waals surface area contributed by atoms with E-state index in [9.17, 15) is 27.4 Å². The molecule has 2 rings (SSSR count). The summed E-state index contributed by atoms with van der Waals surface area (Å²) in [5.74, 6) is -4.82. The Hall–Kier alpha value is -2.29. The summed E-state index contributed by atoms with van der Waals surface area (Å²) in [6.45, 7) is 0. The third kappa shape index (κ3) is 2.67. The number of benzene rings is 1. The monoisotopic (exact) mass is 305 g/mol. The van der Waals surface area contributed by atoms with Crippen LogP contribution in [0.3, 0.4) is 0 Å². The van der Waals surface area contributed by atoms with Gasteiger partial charge in [0.25, 0.3) is 5.88 Å². The van der Waals surface area contributed by atoms with E-state index in [1.165, 1.54) is 0 Å². The van der Waals surface area contributed by atoms with Crippen LogP contribution in [0, 0.1) is 11.6 Å². The lowest BCUT2D eigenvalue weighted by molar-refractivity contribution is 0.410. The number of furan rings is 1. The van der Waals surface area contributed by atoms with E-state index in [2.05, 4.69) is 0 Å². The van der Waals surface area contributed by atoms with E-state index < -0.39 is 50.4 Å². The van der Waals surface area contributed by atoms with Gasteiger partial charge in [0.2, 0.25) is 21.5 Å². The van der Waals surface area contributed by atoms with Crippen molar-refractivity contribution in [3.63, 3.8) is 0 Å². The molecular formula is C11H9F2NO5S. The quantitative estimate of drug-likeness (QED) is 0.805. The van der Waals surface area contributed by atoms with Gasteiger partial charge in [-0.15, -0.1) is 0 Å². The molecule has 1 heterocycles. The van der Waals surface area contributed by atoms with Crippen molar-refractivity contribution in [3.8, 4) is 22.8 Å². The van der Waals surface area contributed by atoms with Gasteiger partial charge in [-0.2, -0.15) is 0 Å². The third-order valence-electron chi connectivity index (χ3n) is 2.31. The van der Waals surface area contributed by atoms with Crippen LogP contribution in [0.2, 0.25) is 0 Å². The van der Waals surface area contributed by atoms with E-state index >= 15 is 0 Å². The Bertz CT molecular complexity index is 769. The lowest BCUT2D eigenvalue weighted by Crippen LogP contribution is -2.08. The second kappa shape index (κ2) is 4.67. The second-order valence-corrected chi connectivity index (χ2v) is 5.70. The van der Waals surface area contributed by atoms with Gasteiger partial charge in [0.05, 0.1) is 11.8 Å². The zero-order valence-electron chi connectivity index (χ0n) is 10.0. The van der Waals surface area contributed by atoms with Crippen LogP contribution >= 0.6 is 0 Å². The van der Waals surface area contributed by atoms with Crippen LogP contribution in [-0.4, -0.2) is 24.9 Å². The van der Waals surface area contributed by atoms with Crippen LogP contribution in [0.4, 0.5) is 14.7 Å². The van der Waals surface area contributed by atoms with Crippen molar-refractivity contribution >= 4 is 15.9 Å². The number of hydrogen-bond acceptors (Lipinski definition) is 5. The number of aromatic hydroxyl groups is 2. The van der Waals surface area contributed by atoms with Crippen molar-refractivity contribution < 1.29 is 31.8 Å². The molecule has 0 amide bonds. The highest BCUT2D eigenvalue weighted by atomic mass is 32.2. The first-order valence-electron chi connectivity index (χ1n) is 5.17. The van der Waals surface area contributed by atoms with Crippen molar-refractivity contribution in [2.45, 2.75) is 0 Å². The molecule has 3 N–H and O–H groups in total. The van der Waals surface area contributed by atoms with Gasteiger partial charge in [0, 0.05) is 0 Å². The molecule has 0 aliphatic carbocycles. The summed E-state index contributed by atoms with van der Waals surface area (Å²) in [6.07, 6.45) is 0.786. The normalized spacial score (nSPS) is 11.6. The number of hydrogen-bond donors (Lipinski definition) is 3. The van der Waals surface area contributed by atoms with Crippen LogP contribution in [0.15, 0.2) is 22.6 Å². The molecule has 0 aliphatic rings. The molecule has 0 fully saturated rings. The number of anilines is 1. The van der Waals surface area contributed by atoms with Gasteiger partial charge in [-0.3, -0.25) is 4.72 Å². The second-order valence-electron chi connectivity index (χ2n) is 3.96. The SMILES string of the molecule is CS(=O)(=O)Nc1oc(-c2cc(F)ccc2F)c(O)c1O. The van der Waals surface area contributed by atoms with Gasteiger partial charge >= 0.3 is 0 Å². The molecule has 0 aliphatic heterocycles. The maximum Gasteiger partial charge on any atom is 0.253 e. The van der Waals surface area contributed by atoms with Crippen LogP contribution in [0.5, 0.6) is 11.5 Å². The minimum Gasteiger partial charge on any atom is -0.502 e. The van der Waals surface area contributed by atoms with E-state index in [-0.39, 0.29) is 0 Å². The van der Waals surface area contributed by atoms with E-state index in [4.69, 9.17) is 4.42 Å². The number of rotatable bonds is 3. The van der Waals surface area contributed by atoms with Gasteiger partial charge in [-0.25, -0.2) is 17.2 Å². The molecule has 0 bridgehead atoms. The van der Waals surface area contributed by atoms with Crippen LogP contribution in [0.1, 0.15) is 0 Å². The summed E-state index contributed by atoms with van der Waals surface area (Å²) in [6, 6.07) is 2.39. The Kier molecular flexibility index (Phi) is 3.30. The Morgan fingerprint density at radius 3 is 2.45 bits per heavy atom. The lowest BCUT2D eigenvalue weighted by Gasteiger charge is -2.00. The number of sulfonamides is 1. The third-order valence-corrected chi connectivity index (χ3v) is 2.87. The van der Waals surface area contributed by atoms with Gasteiger partial charge in [0.1, 0.15) is 11.6 Å². The molecule has 0 atom stereocenters. The average molecular weight is 305 g/mol. The van der Waals surface area contributed by atoms with Crippen molar-refractivity contribution in [2.75, 3.05) is 11.0 Å². The fourth-order valence-corrected chi connectivity index (χ4v) is 1.98. The minimum absolute atomic E-state index is 0.459. The Labute approximate surface area is 112 Å². The predicted octanol–water partition coefficient (Wildman–Crippen LogP) is 2.01. The molecule has 1 aromatic heterocycles. The van der Waals surface area contributed by atoms with Gasteiger partial charge in [0.15, 0.2) is 5.76 Å². The highest BCUT2D eigenvalue weighted by Crippen LogP contribution is 2.46. The first-order chi connectivity index (χ1) is 9.19. The average Bonchev–Trinajstić information content (AvgIpc) is 2.59.